The van der Waals surface area contributed by atoms with Crippen molar-refractivity contribution in [3.63, 3.8) is 0 Å². The standard InChI is InChI=1S/C11H10FN3O/c12-9-5-15(6-9)11(16)8-3-7-1-2-13-10(7)14-4-8/h1-4,9H,5-6H2,(H,13,14). The largest absolute Gasteiger partial charge is 0.346 e. The molecule has 0 saturated carbocycles. The highest BCUT2D eigenvalue weighted by Gasteiger charge is 2.31. The van der Waals surface area contributed by atoms with E-state index in [4.69, 9.17) is 0 Å². The van der Waals surface area contributed by atoms with E-state index in [1.807, 2.05) is 6.07 Å². The molecule has 1 fully saturated rings. The monoisotopic (exact) mass is 219 g/mol. The Hall–Kier alpha value is -1.91. The van der Waals surface area contributed by atoms with Gasteiger partial charge in [-0.05, 0) is 12.1 Å². The van der Waals surface area contributed by atoms with Gasteiger partial charge in [0.2, 0.25) is 0 Å². The Morgan fingerprint density at radius 3 is 3.12 bits per heavy atom. The van der Waals surface area contributed by atoms with Crippen LogP contribution in [0.1, 0.15) is 10.4 Å². The van der Waals surface area contributed by atoms with Crippen molar-refractivity contribution in [2.24, 2.45) is 0 Å². The zero-order valence-electron chi connectivity index (χ0n) is 8.48. The Morgan fingerprint density at radius 2 is 2.38 bits per heavy atom. The van der Waals surface area contributed by atoms with E-state index in [1.54, 1.807) is 12.3 Å². The summed E-state index contributed by atoms with van der Waals surface area (Å²) < 4.78 is 12.6. The summed E-state index contributed by atoms with van der Waals surface area (Å²) in [5.41, 5.74) is 1.27. The van der Waals surface area contributed by atoms with Gasteiger partial charge in [0.25, 0.3) is 5.91 Å². The molecule has 1 aliphatic rings. The van der Waals surface area contributed by atoms with Crippen LogP contribution in [0.2, 0.25) is 0 Å². The minimum atomic E-state index is -0.868. The van der Waals surface area contributed by atoms with E-state index in [2.05, 4.69) is 9.97 Å². The smallest absolute Gasteiger partial charge is 0.255 e. The SMILES string of the molecule is O=C(c1cnc2[nH]ccc2c1)N1CC(F)C1. The number of nitrogens with one attached hydrogen (secondary N) is 1. The molecule has 4 nitrogen and oxygen atoms in total. The van der Waals surface area contributed by atoms with E-state index in [9.17, 15) is 9.18 Å². The van der Waals surface area contributed by atoms with Gasteiger partial charge in [-0.3, -0.25) is 4.79 Å². The maximum atomic E-state index is 12.6. The molecule has 3 rings (SSSR count). The summed E-state index contributed by atoms with van der Waals surface area (Å²) in [6.07, 6.45) is 2.42. The van der Waals surface area contributed by atoms with Gasteiger partial charge in [-0.2, -0.15) is 0 Å². The number of nitrogens with zero attached hydrogens (tertiary/aromatic N) is 2. The molecule has 0 aliphatic carbocycles. The maximum absolute atomic E-state index is 12.6. The maximum Gasteiger partial charge on any atom is 0.255 e. The van der Waals surface area contributed by atoms with Crippen molar-refractivity contribution in [1.29, 1.82) is 0 Å². The second-order valence-corrected chi connectivity index (χ2v) is 3.95. The Kier molecular flexibility index (Phi) is 1.92. The van der Waals surface area contributed by atoms with Crippen LogP contribution in [0.3, 0.4) is 0 Å². The molecule has 0 atom stereocenters. The van der Waals surface area contributed by atoms with E-state index in [0.29, 0.717) is 5.56 Å². The lowest BCUT2D eigenvalue weighted by atomic mass is 10.1. The summed E-state index contributed by atoms with van der Waals surface area (Å²) in [5, 5.41) is 0.892. The van der Waals surface area contributed by atoms with Gasteiger partial charge in [-0.25, -0.2) is 9.37 Å². The molecule has 0 radical (unpaired) electrons. The van der Waals surface area contributed by atoms with Crippen molar-refractivity contribution in [1.82, 2.24) is 14.9 Å². The van der Waals surface area contributed by atoms with Crippen LogP contribution in [0.5, 0.6) is 0 Å². The Morgan fingerprint density at radius 1 is 1.56 bits per heavy atom. The fraction of sp³-hybridized carbons (Fsp3) is 0.273. The topological polar surface area (TPSA) is 49.0 Å². The number of halogens is 1. The highest BCUT2D eigenvalue weighted by Crippen LogP contribution is 2.17. The third kappa shape index (κ3) is 1.36. The van der Waals surface area contributed by atoms with Gasteiger partial charge in [0.15, 0.2) is 0 Å². The Balaban J connectivity index is 1.90. The lowest BCUT2D eigenvalue weighted by Crippen LogP contribution is -2.51. The summed E-state index contributed by atoms with van der Waals surface area (Å²) in [6.45, 7) is 0.397. The van der Waals surface area contributed by atoms with Crippen molar-refractivity contribution in [3.8, 4) is 0 Å². The third-order valence-corrected chi connectivity index (χ3v) is 2.77. The van der Waals surface area contributed by atoms with Crippen LogP contribution < -0.4 is 0 Å². The average Bonchev–Trinajstić information content (AvgIpc) is 2.70. The van der Waals surface area contributed by atoms with Gasteiger partial charge < -0.3 is 9.88 Å². The number of fused-ring (bicyclic) bond motifs is 1. The van der Waals surface area contributed by atoms with Crippen LogP contribution in [-0.4, -0.2) is 40.0 Å². The van der Waals surface area contributed by atoms with Crippen LogP contribution in [0.15, 0.2) is 24.5 Å². The molecular weight excluding hydrogens is 209 g/mol. The molecule has 0 unspecified atom stereocenters. The molecule has 1 aliphatic heterocycles. The normalized spacial score (nSPS) is 16.4. The van der Waals surface area contributed by atoms with Gasteiger partial charge >= 0.3 is 0 Å². The molecule has 0 aromatic carbocycles. The summed E-state index contributed by atoms with van der Waals surface area (Å²) in [7, 11) is 0. The fourth-order valence-electron chi connectivity index (χ4n) is 1.83. The van der Waals surface area contributed by atoms with Gasteiger partial charge in [0.05, 0.1) is 18.7 Å². The van der Waals surface area contributed by atoms with Gasteiger partial charge in [-0.15, -0.1) is 0 Å². The van der Waals surface area contributed by atoms with Crippen molar-refractivity contribution >= 4 is 16.9 Å². The molecule has 0 bridgehead atoms. The number of alkyl halides is 1. The number of rotatable bonds is 1. The molecule has 2 aromatic heterocycles. The number of carbonyl (C=O) groups excluding carboxylic acids is 1. The number of hydrogen-bond acceptors (Lipinski definition) is 2. The van der Waals surface area contributed by atoms with E-state index < -0.39 is 6.17 Å². The first kappa shape index (κ1) is 9.33. The second-order valence-electron chi connectivity index (χ2n) is 3.95. The minimum Gasteiger partial charge on any atom is -0.346 e. The van der Waals surface area contributed by atoms with E-state index >= 15 is 0 Å². The summed E-state index contributed by atoms with van der Waals surface area (Å²) in [6, 6.07) is 3.62. The van der Waals surface area contributed by atoms with Gasteiger partial charge in [-0.1, -0.05) is 0 Å². The van der Waals surface area contributed by atoms with Crippen LogP contribution in [0.25, 0.3) is 11.0 Å². The number of amides is 1. The number of H-pyrrole nitrogens is 1. The van der Waals surface area contributed by atoms with Gasteiger partial charge in [0, 0.05) is 17.8 Å². The van der Waals surface area contributed by atoms with E-state index in [1.165, 1.54) is 11.1 Å². The first-order valence-corrected chi connectivity index (χ1v) is 5.10. The Labute approximate surface area is 91.1 Å². The minimum absolute atomic E-state index is 0.149. The molecular formula is C11H10FN3O. The van der Waals surface area contributed by atoms with Crippen molar-refractivity contribution in [2.75, 3.05) is 13.1 Å². The molecule has 2 aromatic rings. The number of hydrogen-bond donors (Lipinski definition) is 1. The van der Waals surface area contributed by atoms with Crippen molar-refractivity contribution in [2.45, 2.75) is 6.17 Å². The van der Waals surface area contributed by atoms with Gasteiger partial charge in [0.1, 0.15) is 11.8 Å². The first-order chi connectivity index (χ1) is 7.74. The summed E-state index contributed by atoms with van der Waals surface area (Å²) in [5.74, 6) is -0.149. The van der Waals surface area contributed by atoms with Crippen LogP contribution >= 0.6 is 0 Å². The van der Waals surface area contributed by atoms with Crippen LogP contribution in [0, 0.1) is 0 Å². The van der Waals surface area contributed by atoms with Crippen LogP contribution in [-0.2, 0) is 0 Å². The van der Waals surface area contributed by atoms with Crippen molar-refractivity contribution in [3.05, 3.63) is 30.1 Å². The second kappa shape index (κ2) is 3.30. The molecule has 82 valence electrons. The summed E-state index contributed by atoms with van der Waals surface area (Å²) in [4.78, 5) is 20.4. The number of aromatic nitrogens is 2. The highest BCUT2D eigenvalue weighted by molar-refractivity contribution is 5.97. The van der Waals surface area contributed by atoms with Crippen molar-refractivity contribution < 1.29 is 9.18 Å². The fourth-order valence-corrected chi connectivity index (χ4v) is 1.83. The molecule has 5 heteroatoms. The molecule has 1 N–H and O–H groups in total. The third-order valence-electron chi connectivity index (χ3n) is 2.77. The molecule has 16 heavy (non-hydrogen) atoms. The van der Waals surface area contributed by atoms with E-state index in [0.717, 1.165) is 11.0 Å². The van der Waals surface area contributed by atoms with Crippen LogP contribution in [0.4, 0.5) is 4.39 Å². The molecule has 1 saturated heterocycles. The number of carbonyl (C=O) groups is 1. The number of aromatic amines is 1. The zero-order valence-corrected chi connectivity index (χ0v) is 8.48. The quantitative estimate of drug-likeness (QED) is 0.787. The molecule has 1 amide bonds. The molecule has 0 spiro atoms. The average molecular weight is 219 g/mol. The predicted molar refractivity (Wildman–Crippen MR) is 56.9 cm³/mol. The zero-order chi connectivity index (χ0) is 11.1. The highest BCUT2D eigenvalue weighted by atomic mass is 19.1. The molecule has 3 heterocycles. The predicted octanol–water partition coefficient (Wildman–Crippen LogP) is 1.36. The lowest BCUT2D eigenvalue weighted by molar-refractivity contribution is 0.0400. The Bertz CT molecular complexity index is 545. The summed E-state index contributed by atoms with van der Waals surface area (Å²) >= 11 is 0. The van der Waals surface area contributed by atoms with E-state index in [-0.39, 0.29) is 19.0 Å². The number of likely N-dealkylation sites (tertiary alicyclic amines) is 1. The lowest BCUT2D eigenvalue weighted by Gasteiger charge is -2.34. The number of pyridine rings is 1. The first-order valence-electron chi connectivity index (χ1n) is 5.10.